The summed E-state index contributed by atoms with van der Waals surface area (Å²) in [5, 5.41) is 3.39. The van der Waals surface area contributed by atoms with Gasteiger partial charge in [-0.15, -0.1) is 0 Å². The van der Waals surface area contributed by atoms with Crippen molar-refractivity contribution in [2.45, 2.75) is 49.6 Å². The summed E-state index contributed by atoms with van der Waals surface area (Å²) >= 11 is 0. The smallest absolute Gasteiger partial charge is 0.231 e. The highest BCUT2D eigenvalue weighted by molar-refractivity contribution is 5.88. The molecule has 1 N–H and O–H groups in total. The van der Waals surface area contributed by atoms with E-state index < -0.39 is 0 Å². The third-order valence-corrected chi connectivity index (χ3v) is 6.35. The summed E-state index contributed by atoms with van der Waals surface area (Å²) in [5.74, 6) is 0.192. The lowest BCUT2D eigenvalue weighted by molar-refractivity contribution is -0.129. The molecule has 2 saturated heterocycles. The van der Waals surface area contributed by atoms with Crippen LogP contribution in [0.25, 0.3) is 0 Å². The highest BCUT2D eigenvalue weighted by atomic mass is 16.5. The SMILES string of the molecule is O=C(NC1COCC1N1CCOCC1)C1(c2ccccc2)CCCCC1. The maximum atomic E-state index is 13.5. The first-order valence-electron chi connectivity index (χ1n) is 10.1. The molecule has 5 heteroatoms. The van der Waals surface area contributed by atoms with E-state index in [4.69, 9.17) is 9.47 Å². The third kappa shape index (κ3) is 3.53. The van der Waals surface area contributed by atoms with Gasteiger partial charge in [-0.05, 0) is 18.4 Å². The van der Waals surface area contributed by atoms with Crippen LogP contribution in [0.5, 0.6) is 0 Å². The number of ether oxygens (including phenoxy) is 2. The Morgan fingerprint density at radius 1 is 1.00 bits per heavy atom. The lowest BCUT2D eigenvalue weighted by Gasteiger charge is -2.39. The molecule has 2 atom stereocenters. The number of rotatable bonds is 4. The van der Waals surface area contributed by atoms with E-state index in [1.54, 1.807) is 0 Å². The number of carbonyl (C=O) groups excluding carboxylic acids is 1. The zero-order valence-corrected chi connectivity index (χ0v) is 15.5. The molecule has 0 aromatic heterocycles. The molecule has 1 saturated carbocycles. The van der Waals surface area contributed by atoms with Crippen LogP contribution in [0.15, 0.2) is 30.3 Å². The Kier molecular flexibility index (Phi) is 5.57. The van der Waals surface area contributed by atoms with Crippen LogP contribution in [0.3, 0.4) is 0 Å². The molecule has 2 unspecified atom stereocenters. The van der Waals surface area contributed by atoms with Gasteiger partial charge in [0.15, 0.2) is 0 Å². The number of nitrogens with one attached hydrogen (secondary N) is 1. The standard InChI is InChI=1S/C21H30N2O3/c24-20(21(9-5-2-6-10-21)17-7-3-1-4-8-17)22-18-15-26-16-19(18)23-11-13-25-14-12-23/h1,3-4,7-8,18-19H,2,5-6,9-16H2,(H,22,24). The zero-order chi connectivity index (χ0) is 17.8. The lowest BCUT2D eigenvalue weighted by atomic mass is 9.68. The van der Waals surface area contributed by atoms with Crippen molar-refractivity contribution in [2.75, 3.05) is 39.5 Å². The van der Waals surface area contributed by atoms with Crippen LogP contribution in [0.4, 0.5) is 0 Å². The predicted octanol–water partition coefficient (Wildman–Crippen LogP) is 2.10. The average Bonchev–Trinajstić information content (AvgIpc) is 3.18. The van der Waals surface area contributed by atoms with Gasteiger partial charge in [0, 0.05) is 13.1 Å². The molecule has 4 rings (SSSR count). The van der Waals surface area contributed by atoms with Crippen molar-refractivity contribution in [3.8, 4) is 0 Å². The first kappa shape index (κ1) is 18.0. The fourth-order valence-electron chi connectivity index (χ4n) is 4.82. The summed E-state index contributed by atoms with van der Waals surface area (Å²) in [4.78, 5) is 15.9. The maximum absolute atomic E-state index is 13.5. The highest BCUT2D eigenvalue weighted by Crippen LogP contribution is 2.40. The normalized spacial score (nSPS) is 29.4. The lowest BCUT2D eigenvalue weighted by Crippen LogP contribution is -2.57. The van der Waals surface area contributed by atoms with E-state index in [1.165, 1.54) is 12.0 Å². The zero-order valence-electron chi connectivity index (χ0n) is 15.5. The number of hydrogen-bond donors (Lipinski definition) is 1. The largest absolute Gasteiger partial charge is 0.379 e. The van der Waals surface area contributed by atoms with Gasteiger partial charge < -0.3 is 14.8 Å². The molecule has 1 aromatic rings. The molecular weight excluding hydrogens is 328 g/mol. The topological polar surface area (TPSA) is 50.8 Å². The van der Waals surface area contributed by atoms with E-state index in [9.17, 15) is 4.79 Å². The fourth-order valence-corrected chi connectivity index (χ4v) is 4.82. The van der Waals surface area contributed by atoms with Gasteiger partial charge in [0.05, 0.1) is 43.9 Å². The third-order valence-electron chi connectivity index (χ3n) is 6.35. The number of nitrogens with zero attached hydrogens (tertiary/aromatic N) is 1. The second-order valence-electron chi connectivity index (χ2n) is 7.84. The Morgan fingerprint density at radius 2 is 1.73 bits per heavy atom. The Hall–Kier alpha value is -1.43. The van der Waals surface area contributed by atoms with Gasteiger partial charge in [-0.3, -0.25) is 9.69 Å². The van der Waals surface area contributed by atoms with Gasteiger partial charge in [0.25, 0.3) is 0 Å². The number of benzene rings is 1. The summed E-state index contributed by atoms with van der Waals surface area (Å²) in [6.45, 7) is 4.69. The van der Waals surface area contributed by atoms with Crippen LogP contribution in [0.1, 0.15) is 37.7 Å². The molecule has 0 bridgehead atoms. The number of morpholine rings is 1. The number of amides is 1. The summed E-state index contributed by atoms with van der Waals surface area (Å²) in [6.07, 6.45) is 5.36. The molecule has 142 valence electrons. The summed E-state index contributed by atoms with van der Waals surface area (Å²) in [6, 6.07) is 10.7. The van der Waals surface area contributed by atoms with E-state index in [-0.39, 0.29) is 23.4 Å². The Labute approximate surface area is 156 Å². The summed E-state index contributed by atoms with van der Waals surface area (Å²) in [7, 11) is 0. The van der Waals surface area contributed by atoms with Crippen molar-refractivity contribution >= 4 is 5.91 Å². The molecule has 1 aliphatic carbocycles. The van der Waals surface area contributed by atoms with Gasteiger partial charge in [0.2, 0.25) is 5.91 Å². The molecule has 2 aliphatic heterocycles. The van der Waals surface area contributed by atoms with Crippen molar-refractivity contribution in [1.82, 2.24) is 10.2 Å². The number of hydrogen-bond acceptors (Lipinski definition) is 4. The minimum atomic E-state index is -0.377. The van der Waals surface area contributed by atoms with Crippen LogP contribution in [0, 0.1) is 0 Å². The molecule has 1 amide bonds. The van der Waals surface area contributed by atoms with Gasteiger partial charge in [-0.25, -0.2) is 0 Å². The molecule has 26 heavy (non-hydrogen) atoms. The van der Waals surface area contributed by atoms with E-state index in [1.807, 2.05) is 18.2 Å². The van der Waals surface area contributed by atoms with Crippen LogP contribution in [-0.2, 0) is 19.7 Å². The van der Waals surface area contributed by atoms with Gasteiger partial charge in [0.1, 0.15) is 0 Å². The Balaban J connectivity index is 1.51. The van der Waals surface area contributed by atoms with Crippen molar-refractivity contribution in [2.24, 2.45) is 0 Å². The first-order valence-corrected chi connectivity index (χ1v) is 10.1. The molecule has 0 spiro atoms. The first-order chi connectivity index (χ1) is 12.8. The predicted molar refractivity (Wildman–Crippen MR) is 100 cm³/mol. The molecule has 5 nitrogen and oxygen atoms in total. The molecule has 2 heterocycles. The molecule has 1 aromatic carbocycles. The van der Waals surface area contributed by atoms with Crippen LogP contribution in [-0.4, -0.2) is 62.4 Å². The average molecular weight is 358 g/mol. The van der Waals surface area contributed by atoms with Crippen LogP contribution < -0.4 is 5.32 Å². The fraction of sp³-hybridized carbons (Fsp3) is 0.667. The van der Waals surface area contributed by atoms with E-state index in [2.05, 4.69) is 22.3 Å². The molecule has 3 fully saturated rings. The van der Waals surface area contributed by atoms with Gasteiger partial charge >= 0.3 is 0 Å². The Morgan fingerprint density at radius 3 is 2.46 bits per heavy atom. The van der Waals surface area contributed by atoms with Crippen molar-refractivity contribution in [3.63, 3.8) is 0 Å². The quantitative estimate of drug-likeness (QED) is 0.896. The monoisotopic (exact) mass is 358 g/mol. The van der Waals surface area contributed by atoms with Crippen LogP contribution in [0.2, 0.25) is 0 Å². The van der Waals surface area contributed by atoms with Gasteiger partial charge in [-0.1, -0.05) is 49.6 Å². The van der Waals surface area contributed by atoms with E-state index in [0.29, 0.717) is 13.2 Å². The van der Waals surface area contributed by atoms with E-state index in [0.717, 1.165) is 52.0 Å². The second-order valence-corrected chi connectivity index (χ2v) is 7.84. The maximum Gasteiger partial charge on any atom is 0.231 e. The van der Waals surface area contributed by atoms with E-state index >= 15 is 0 Å². The summed E-state index contributed by atoms with van der Waals surface area (Å²) < 4.78 is 11.2. The highest BCUT2D eigenvalue weighted by Gasteiger charge is 2.44. The minimum absolute atomic E-state index is 0.0723. The van der Waals surface area contributed by atoms with Gasteiger partial charge in [-0.2, -0.15) is 0 Å². The summed E-state index contributed by atoms with van der Waals surface area (Å²) in [5.41, 5.74) is 0.788. The van der Waals surface area contributed by atoms with Crippen molar-refractivity contribution in [1.29, 1.82) is 0 Å². The molecule has 3 aliphatic rings. The number of carbonyl (C=O) groups is 1. The van der Waals surface area contributed by atoms with Crippen LogP contribution >= 0.6 is 0 Å². The minimum Gasteiger partial charge on any atom is -0.379 e. The Bertz CT molecular complexity index is 595. The molecular formula is C21H30N2O3. The molecule has 0 radical (unpaired) electrons. The second kappa shape index (κ2) is 8.07. The van der Waals surface area contributed by atoms with Crippen molar-refractivity contribution in [3.05, 3.63) is 35.9 Å². The van der Waals surface area contributed by atoms with Crippen molar-refractivity contribution < 1.29 is 14.3 Å².